The molecule has 0 aliphatic heterocycles. The van der Waals surface area contributed by atoms with Crippen molar-refractivity contribution in [3.05, 3.63) is 23.6 Å². The van der Waals surface area contributed by atoms with Gasteiger partial charge in [0.25, 0.3) is 0 Å². The Morgan fingerprint density at radius 1 is 1.33 bits per heavy atom. The SMILES string of the molecule is Nc1ccc2nc(-c3csnn3)n(C3CC3)c2c1. The van der Waals surface area contributed by atoms with E-state index in [1.807, 2.05) is 23.6 Å². The molecular formula is C12H11N5S. The van der Waals surface area contributed by atoms with Crippen molar-refractivity contribution < 1.29 is 0 Å². The second-order valence-electron chi connectivity index (χ2n) is 4.57. The molecule has 0 spiro atoms. The van der Waals surface area contributed by atoms with Crippen molar-refractivity contribution in [3.63, 3.8) is 0 Å². The van der Waals surface area contributed by atoms with Crippen LogP contribution < -0.4 is 5.73 Å². The Morgan fingerprint density at radius 3 is 2.94 bits per heavy atom. The zero-order valence-corrected chi connectivity index (χ0v) is 10.4. The molecule has 0 bridgehead atoms. The molecule has 0 radical (unpaired) electrons. The van der Waals surface area contributed by atoms with Crippen molar-refractivity contribution in [2.45, 2.75) is 18.9 Å². The molecule has 5 nitrogen and oxygen atoms in total. The maximum atomic E-state index is 5.87. The van der Waals surface area contributed by atoms with E-state index in [9.17, 15) is 0 Å². The van der Waals surface area contributed by atoms with E-state index in [1.165, 1.54) is 24.4 Å². The van der Waals surface area contributed by atoms with Gasteiger partial charge in [-0.1, -0.05) is 4.49 Å². The first-order valence-electron chi connectivity index (χ1n) is 5.88. The maximum absolute atomic E-state index is 5.87. The van der Waals surface area contributed by atoms with Gasteiger partial charge < -0.3 is 10.3 Å². The monoisotopic (exact) mass is 257 g/mol. The maximum Gasteiger partial charge on any atom is 0.162 e. The first-order valence-corrected chi connectivity index (χ1v) is 6.71. The van der Waals surface area contributed by atoms with Gasteiger partial charge in [-0.3, -0.25) is 0 Å². The summed E-state index contributed by atoms with van der Waals surface area (Å²) in [6, 6.07) is 6.38. The normalized spacial score (nSPS) is 15.3. The fourth-order valence-corrected chi connectivity index (χ4v) is 2.69. The summed E-state index contributed by atoms with van der Waals surface area (Å²) in [6.45, 7) is 0. The van der Waals surface area contributed by atoms with Crippen LogP contribution in [0.25, 0.3) is 22.6 Å². The molecule has 1 fully saturated rings. The average molecular weight is 257 g/mol. The van der Waals surface area contributed by atoms with E-state index in [2.05, 4.69) is 19.1 Å². The molecule has 2 N–H and O–H groups in total. The summed E-state index contributed by atoms with van der Waals surface area (Å²) in [7, 11) is 0. The second-order valence-corrected chi connectivity index (χ2v) is 5.18. The highest BCUT2D eigenvalue weighted by Gasteiger charge is 2.29. The van der Waals surface area contributed by atoms with Crippen molar-refractivity contribution in [2.24, 2.45) is 0 Å². The highest BCUT2D eigenvalue weighted by Crippen LogP contribution is 2.41. The summed E-state index contributed by atoms with van der Waals surface area (Å²) >= 11 is 1.35. The lowest BCUT2D eigenvalue weighted by atomic mass is 10.3. The average Bonchev–Trinajstić information content (AvgIpc) is 2.93. The van der Waals surface area contributed by atoms with Gasteiger partial charge in [0, 0.05) is 17.1 Å². The lowest BCUT2D eigenvalue weighted by molar-refractivity contribution is 0.772. The third kappa shape index (κ3) is 1.42. The highest BCUT2D eigenvalue weighted by molar-refractivity contribution is 7.03. The fourth-order valence-electron chi connectivity index (χ4n) is 2.26. The molecule has 0 amide bonds. The number of hydrogen-bond acceptors (Lipinski definition) is 5. The van der Waals surface area contributed by atoms with Crippen LogP contribution in [-0.4, -0.2) is 19.1 Å². The molecule has 4 rings (SSSR count). The number of nitrogens with two attached hydrogens (primary N) is 1. The van der Waals surface area contributed by atoms with E-state index in [0.717, 1.165) is 28.2 Å². The third-order valence-corrected chi connectivity index (χ3v) is 3.72. The zero-order valence-electron chi connectivity index (χ0n) is 9.58. The Labute approximate surface area is 107 Å². The van der Waals surface area contributed by atoms with Crippen LogP contribution in [0, 0.1) is 0 Å². The minimum Gasteiger partial charge on any atom is -0.399 e. The van der Waals surface area contributed by atoms with Gasteiger partial charge in [0.1, 0.15) is 5.69 Å². The second kappa shape index (κ2) is 3.52. The number of rotatable bonds is 2. The number of fused-ring (bicyclic) bond motifs is 1. The standard InChI is InChI=1S/C12H11N5S/c13-7-1-4-9-11(5-7)17(8-2-3-8)12(14-9)10-6-18-16-15-10/h1,4-6,8H,2-3,13H2. The molecule has 18 heavy (non-hydrogen) atoms. The number of benzene rings is 1. The van der Waals surface area contributed by atoms with Crippen LogP contribution in [0.15, 0.2) is 23.6 Å². The first kappa shape index (κ1) is 10.0. The van der Waals surface area contributed by atoms with E-state index in [1.54, 1.807) is 0 Å². The molecule has 6 heteroatoms. The van der Waals surface area contributed by atoms with Crippen LogP contribution in [0.5, 0.6) is 0 Å². The van der Waals surface area contributed by atoms with Gasteiger partial charge in [-0.15, -0.1) is 5.10 Å². The molecule has 0 saturated heterocycles. The molecule has 0 atom stereocenters. The summed E-state index contributed by atoms with van der Waals surface area (Å²) in [6.07, 6.45) is 2.40. The Hall–Kier alpha value is -1.95. The number of nitrogen functional groups attached to an aromatic ring is 1. The molecule has 2 aromatic heterocycles. The number of aromatic nitrogens is 4. The Morgan fingerprint density at radius 2 is 2.22 bits per heavy atom. The van der Waals surface area contributed by atoms with Gasteiger partial charge >= 0.3 is 0 Å². The molecule has 1 saturated carbocycles. The summed E-state index contributed by atoms with van der Waals surface area (Å²) in [5.74, 6) is 0.909. The quantitative estimate of drug-likeness (QED) is 0.716. The van der Waals surface area contributed by atoms with Crippen molar-refractivity contribution in [3.8, 4) is 11.5 Å². The lowest BCUT2D eigenvalue weighted by Gasteiger charge is -2.05. The molecule has 2 heterocycles. The van der Waals surface area contributed by atoms with Crippen LogP contribution in [0.2, 0.25) is 0 Å². The van der Waals surface area contributed by atoms with E-state index in [0.29, 0.717) is 6.04 Å². The minimum atomic E-state index is 0.536. The topological polar surface area (TPSA) is 69.6 Å². The first-order chi connectivity index (χ1) is 8.83. The van der Waals surface area contributed by atoms with Crippen LogP contribution in [-0.2, 0) is 0 Å². The smallest absolute Gasteiger partial charge is 0.162 e. The summed E-state index contributed by atoms with van der Waals surface area (Å²) in [5.41, 5.74) is 9.56. The molecule has 1 aliphatic carbocycles. The van der Waals surface area contributed by atoms with Crippen LogP contribution in [0.4, 0.5) is 5.69 Å². The minimum absolute atomic E-state index is 0.536. The van der Waals surface area contributed by atoms with E-state index < -0.39 is 0 Å². The van der Waals surface area contributed by atoms with Gasteiger partial charge in [0.15, 0.2) is 5.82 Å². The van der Waals surface area contributed by atoms with E-state index >= 15 is 0 Å². The van der Waals surface area contributed by atoms with E-state index in [-0.39, 0.29) is 0 Å². The third-order valence-electron chi connectivity index (χ3n) is 3.21. The van der Waals surface area contributed by atoms with Gasteiger partial charge in [0.05, 0.1) is 11.0 Å². The molecule has 3 aromatic rings. The predicted molar refractivity (Wildman–Crippen MR) is 71.3 cm³/mol. The lowest BCUT2D eigenvalue weighted by Crippen LogP contribution is -1.98. The summed E-state index contributed by atoms with van der Waals surface area (Å²) < 4.78 is 6.17. The summed E-state index contributed by atoms with van der Waals surface area (Å²) in [5, 5.41) is 6.06. The molecule has 0 unspecified atom stereocenters. The zero-order chi connectivity index (χ0) is 12.1. The number of hydrogen-bond donors (Lipinski definition) is 1. The van der Waals surface area contributed by atoms with Crippen molar-refractivity contribution in [2.75, 3.05) is 5.73 Å². The predicted octanol–water partition coefficient (Wildman–Crippen LogP) is 2.47. The Kier molecular flexibility index (Phi) is 1.96. The molecule has 90 valence electrons. The largest absolute Gasteiger partial charge is 0.399 e. The fraction of sp³-hybridized carbons (Fsp3) is 0.250. The van der Waals surface area contributed by atoms with Crippen LogP contribution >= 0.6 is 11.5 Å². The van der Waals surface area contributed by atoms with Crippen molar-refractivity contribution in [1.29, 1.82) is 0 Å². The van der Waals surface area contributed by atoms with Gasteiger partial charge in [0.2, 0.25) is 0 Å². The van der Waals surface area contributed by atoms with Crippen LogP contribution in [0.3, 0.4) is 0 Å². The van der Waals surface area contributed by atoms with Crippen LogP contribution in [0.1, 0.15) is 18.9 Å². The van der Waals surface area contributed by atoms with Crippen molar-refractivity contribution in [1.82, 2.24) is 19.1 Å². The molecular weight excluding hydrogens is 246 g/mol. The Bertz CT molecular complexity index is 711. The number of imidazole rings is 1. The number of anilines is 1. The molecule has 1 aromatic carbocycles. The molecule has 1 aliphatic rings. The Balaban J connectivity index is 2.04. The van der Waals surface area contributed by atoms with Gasteiger partial charge in [-0.25, -0.2) is 4.98 Å². The highest BCUT2D eigenvalue weighted by atomic mass is 32.1. The van der Waals surface area contributed by atoms with E-state index in [4.69, 9.17) is 5.73 Å². The number of nitrogens with zero attached hydrogens (tertiary/aromatic N) is 4. The van der Waals surface area contributed by atoms with Crippen molar-refractivity contribution >= 4 is 28.3 Å². The van der Waals surface area contributed by atoms with Gasteiger partial charge in [-0.2, -0.15) is 0 Å². The van der Waals surface area contributed by atoms with Gasteiger partial charge in [-0.05, 0) is 42.6 Å². The summed E-state index contributed by atoms with van der Waals surface area (Å²) in [4.78, 5) is 4.67.